The van der Waals surface area contributed by atoms with Gasteiger partial charge in [-0.2, -0.15) is 0 Å². The number of ether oxygens (including phenoxy) is 1. The molecule has 0 saturated carbocycles. The number of esters is 1. The molecular weight excluding hydrogens is 190 g/mol. The quantitative estimate of drug-likeness (QED) is 0.710. The van der Waals surface area contributed by atoms with E-state index >= 15 is 0 Å². The van der Waals surface area contributed by atoms with E-state index in [-0.39, 0.29) is 11.9 Å². The van der Waals surface area contributed by atoms with Crippen molar-refractivity contribution in [3.8, 4) is 0 Å². The first kappa shape index (κ1) is 11.6. The molecule has 0 spiro atoms. The van der Waals surface area contributed by atoms with Crippen molar-refractivity contribution in [1.29, 1.82) is 0 Å². The summed E-state index contributed by atoms with van der Waals surface area (Å²) >= 11 is 0. The predicted octanol–water partition coefficient (Wildman–Crippen LogP) is 2.03. The van der Waals surface area contributed by atoms with Gasteiger partial charge in [-0.25, -0.2) is 0 Å². The van der Waals surface area contributed by atoms with E-state index < -0.39 is 0 Å². The van der Waals surface area contributed by atoms with E-state index in [9.17, 15) is 4.79 Å². The number of benzene rings is 1. The van der Waals surface area contributed by atoms with Crippen LogP contribution in [0.4, 0.5) is 5.69 Å². The molecule has 0 aliphatic carbocycles. The van der Waals surface area contributed by atoms with Crippen LogP contribution in [-0.4, -0.2) is 27.2 Å². The smallest absolute Gasteiger partial charge is 0.312 e. The van der Waals surface area contributed by atoms with Gasteiger partial charge in [0.2, 0.25) is 0 Å². The van der Waals surface area contributed by atoms with E-state index in [1.54, 1.807) is 0 Å². The van der Waals surface area contributed by atoms with Crippen molar-refractivity contribution in [2.24, 2.45) is 0 Å². The minimum absolute atomic E-state index is 0.201. The van der Waals surface area contributed by atoms with E-state index in [2.05, 4.69) is 0 Å². The largest absolute Gasteiger partial charge is 0.469 e. The molecule has 0 heterocycles. The fourth-order valence-corrected chi connectivity index (χ4v) is 1.37. The summed E-state index contributed by atoms with van der Waals surface area (Å²) in [5.41, 5.74) is 2.10. The van der Waals surface area contributed by atoms with Crippen molar-refractivity contribution < 1.29 is 9.53 Å². The number of hydrogen-bond acceptors (Lipinski definition) is 3. The van der Waals surface area contributed by atoms with Crippen molar-refractivity contribution >= 4 is 11.7 Å². The van der Waals surface area contributed by atoms with E-state index in [1.165, 1.54) is 7.11 Å². The maximum atomic E-state index is 11.3. The van der Waals surface area contributed by atoms with E-state index in [0.717, 1.165) is 11.3 Å². The fraction of sp³-hybridized carbons (Fsp3) is 0.417. The van der Waals surface area contributed by atoms with Gasteiger partial charge in [0, 0.05) is 19.8 Å². The number of nitrogens with zero attached hydrogens (tertiary/aromatic N) is 1. The Morgan fingerprint density at radius 1 is 1.27 bits per heavy atom. The molecule has 0 saturated heterocycles. The van der Waals surface area contributed by atoms with Gasteiger partial charge in [-0.1, -0.05) is 12.1 Å². The standard InChI is InChI=1S/C12H17NO2/c1-9(12(14)15-4)10-5-7-11(8-6-10)13(2)3/h5-9H,1-4H3/t9-/m0/s1. The summed E-state index contributed by atoms with van der Waals surface area (Å²) in [5.74, 6) is -0.404. The highest BCUT2D eigenvalue weighted by Gasteiger charge is 2.14. The molecule has 0 amide bonds. The van der Waals surface area contributed by atoms with Gasteiger partial charge in [0.05, 0.1) is 13.0 Å². The van der Waals surface area contributed by atoms with Crippen LogP contribution in [0, 0.1) is 0 Å². The lowest BCUT2D eigenvalue weighted by Crippen LogP contribution is -2.12. The van der Waals surface area contributed by atoms with Crippen LogP contribution in [0.2, 0.25) is 0 Å². The zero-order valence-corrected chi connectivity index (χ0v) is 9.65. The van der Waals surface area contributed by atoms with Crippen LogP contribution < -0.4 is 4.90 Å². The topological polar surface area (TPSA) is 29.5 Å². The summed E-state index contributed by atoms with van der Waals surface area (Å²) in [6.07, 6.45) is 0. The first-order valence-electron chi connectivity index (χ1n) is 4.91. The average molecular weight is 207 g/mol. The number of anilines is 1. The zero-order chi connectivity index (χ0) is 11.4. The molecule has 0 unspecified atom stereocenters. The normalized spacial score (nSPS) is 12.0. The van der Waals surface area contributed by atoms with Crippen LogP contribution in [-0.2, 0) is 9.53 Å². The Bertz CT molecular complexity index is 330. The summed E-state index contributed by atoms with van der Waals surface area (Å²) in [6.45, 7) is 1.84. The van der Waals surface area contributed by atoms with E-state index in [4.69, 9.17) is 4.74 Å². The van der Waals surface area contributed by atoms with Gasteiger partial charge in [-0.15, -0.1) is 0 Å². The van der Waals surface area contributed by atoms with Crippen molar-refractivity contribution in [2.75, 3.05) is 26.1 Å². The number of rotatable bonds is 3. The van der Waals surface area contributed by atoms with Gasteiger partial charge in [-0.05, 0) is 24.6 Å². The number of carbonyl (C=O) groups excluding carboxylic acids is 1. The molecule has 3 heteroatoms. The van der Waals surface area contributed by atoms with E-state index in [1.807, 2.05) is 50.2 Å². The molecule has 0 N–H and O–H groups in total. The first-order chi connectivity index (χ1) is 7.06. The maximum absolute atomic E-state index is 11.3. The molecular formula is C12H17NO2. The minimum Gasteiger partial charge on any atom is -0.469 e. The Labute approximate surface area is 90.7 Å². The Balaban J connectivity index is 2.84. The third-order valence-electron chi connectivity index (χ3n) is 2.46. The lowest BCUT2D eigenvalue weighted by atomic mass is 10.0. The Kier molecular flexibility index (Phi) is 3.72. The summed E-state index contributed by atoms with van der Waals surface area (Å²) in [4.78, 5) is 13.3. The lowest BCUT2D eigenvalue weighted by Gasteiger charge is -2.14. The Morgan fingerprint density at radius 2 is 1.80 bits per heavy atom. The Morgan fingerprint density at radius 3 is 2.20 bits per heavy atom. The first-order valence-corrected chi connectivity index (χ1v) is 4.91. The summed E-state index contributed by atoms with van der Waals surface area (Å²) in [6, 6.07) is 7.90. The van der Waals surface area contributed by atoms with Gasteiger partial charge in [0.1, 0.15) is 0 Å². The van der Waals surface area contributed by atoms with Crippen molar-refractivity contribution in [2.45, 2.75) is 12.8 Å². The molecule has 0 aliphatic rings. The Hall–Kier alpha value is -1.51. The molecule has 3 nitrogen and oxygen atoms in total. The highest BCUT2D eigenvalue weighted by molar-refractivity contribution is 5.77. The second-order valence-corrected chi connectivity index (χ2v) is 3.73. The minimum atomic E-state index is -0.203. The predicted molar refractivity (Wildman–Crippen MR) is 61.2 cm³/mol. The molecule has 0 aromatic heterocycles. The number of methoxy groups -OCH3 is 1. The van der Waals surface area contributed by atoms with Crippen LogP contribution in [0.3, 0.4) is 0 Å². The van der Waals surface area contributed by atoms with Crippen molar-refractivity contribution in [3.63, 3.8) is 0 Å². The van der Waals surface area contributed by atoms with Crippen molar-refractivity contribution in [1.82, 2.24) is 0 Å². The molecule has 82 valence electrons. The number of hydrogen-bond donors (Lipinski definition) is 0. The highest BCUT2D eigenvalue weighted by atomic mass is 16.5. The second kappa shape index (κ2) is 4.82. The van der Waals surface area contributed by atoms with Crippen LogP contribution in [0.15, 0.2) is 24.3 Å². The lowest BCUT2D eigenvalue weighted by molar-refractivity contribution is -0.141. The van der Waals surface area contributed by atoms with Gasteiger partial charge in [-0.3, -0.25) is 4.79 Å². The van der Waals surface area contributed by atoms with Crippen LogP contribution >= 0.6 is 0 Å². The molecule has 1 atom stereocenters. The van der Waals surface area contributed by atoms with Gasteiger partial charge >= 0.3 is 5.97 Å². The molecule has 0 radical (unpaired) electrons. The molecule has 0 bridgehead atoms. The third kappa shape index (κ3) is 2.72. The van der Waals surface area contributed by atoms with Crippen LogP contribution in [0.5, 0.6) is 0 Å². The maximum Gasteiger partial charge on any atom is 0.312 e. The molecule has 15 heavy (non-hydrogen) atoms. The monoisotopic (exact) mass is 207 g/mol. The SMILES string of the molecule is COC(=O)[C@@H](C)c1ccc(N(C)C)cc1. The molecule has 0 aliphatic heterocycles. The zero-order valence-electron chi connectivity index (χ0n) is 9.65. The summed E-state index contributed by atoms with van der Waals surface area (Å²) in [7, 11) is 5.38. The van der Waals surface area contributed by atoms with Crippen LogP contribution in [0.25, 0.3) is 0 Å². The molecule has 1 rings (SSSR count). The van der Waals surface area contributed by atoms with Gasteiger partial charge in [0.15, 0.2) is 0 Å². The highest BCUT2D eigenvalue weighted by Crippen LogP contribution is 2.20. The number of carbonyl (C=O) groups is 1. The molecule has 1 aromatic carbocycles. The third-order valence-corrected chi connectivity index (χ3v) is 2.46. The molecule has 1 aromatic rings. The summed E-state index contributed by atoms with van der Waals surface area (Å²) < 4.78 is 4.69. The second-order valence-electron chi connectivity index (χ2n) is 3.73. The van der Waals surface area contributed by atoms with Gasteiger partial charge in [0.25, 0.3) is 0 Å². The van der Waals surface area contributed by atoms with E-state index in [0.29, 0.717) is 0 Å². The van der Waals surface area contributed by atoms with Gasteiger partial charge < -0.3 is 9.64 Å². The van der Waals surface area contributed by atoms with Crippen LogP contribution in [0.1, 0.15) is 18.4 Å². The van der Waals surface area contributed by atoms with Crippen molar-refractivity contribution in [3.05, 3.63) is 29.8 Å². The molecule has 0 fully saturated rings. The summed E-state index contributed by atoms with van der Waals surface area (Å²) in [5, 5.41) is 0. The fourth-order valence-electron chi connectivity index (χ4n) is 1.37. The average Bonchev–Trinajstić information content (AvgIpc) is 2.27.